The van der Waals surface area contributed by atoms with E-state index in [4.69, 9.17) is 28.6 Å². The minimum atomic E-state index is -1.64. The molecule has 8 nitrogen and oxygen atoms in total. The zero-order valence-corrected chi connectivity index (χ0v) is 20.2. The van der Waals surface area contributed by atoms with E-state index < -0.39 is 42.7 Å². The molecule has 2 aliphatic rings. The summed E-state index contributed by atoms with van der Waals surface area (Å²) in [5.74, 6) is -0.193. The molecule has 180 valence electrons. The molecule has 2 heterocycles. The molecule has 1 aliphatic heterocycles. The molecule has 4 rings (SSSR count). The predicted octanol–water partition coefficient (Wildman–Crippen LogP) is 2.54. The van der Waals surface area contributed by atoms with Crippen molar-refractivity contribution in [2.75, 3.05) is 6.61 Å². The number of aliphatic hydroxyl groups excluding tert-OH is 4. The van der Waals surface area contributed by atoms with Gasteiger partial charge in [0.1, 0.15) is 35.1 Å². The molecule has 1 aliphatic carbocycles. The first kappa shape index (κ1) is 24.9. The Balaban J connectivity index is 2.06. The lowest BCUT2D eigenvalue weighted by molar-refractivity contribution is -0.252. The molecule has 34 heavy (non-hydrogen) atoms. The fourth-order valence-corrected chi connectivity index (χ4v) is 5.31. The third-order valence-electron chi connectivity index (χ3n) is 6.44. The molecule has 1 saturated heterocycles. The number of hydrogen-bond donors (Lipinski definition) is 4. The molecule has 1 aromatic heterocycles. The monoisotopic (exact) mass is 504 g/mol. The van der Waals surface area contributed by atoms with Crippen LogP contribution in [0.2, 0.25) is 5.02 Å². The van der Waals surface area contributed by atoms with Crippen LogP contribution < -0.4 is 0 Å². The largest absolute Gasteiger partial charge is 0.394 e. The topological polar surface area (TPSA) is 136 Å². The number of carbonyl (C=O) groups excluding carboxylic acids is 1. The van der Waals surface area contributed by atoms with Crippen molar-refractivity contribution in [2.24, 2.45) is 5.41 Å². The van der Waals surface area contributed by atoms with E-state index in [1.165, 1.54) is 4.57 Å². The Kier molecular flexibility index (Phi) is 6.70. The number of hydrogen-bond acceptors (Lipinski definition) is 8. The fraction of sp³-hybridized carbons (Fsp3) is 0.458. The molecule has 10 heteroatoms. The van der Waals surface area contributed by atoms with Gasteiger partial charge in [-0.05, 0) is 29.5 Å². The van der Waals surface area contributed by atoms with E-state index in [1.807, 2.05) is 13.8 Å². The number of aromatic nitrogens is 1. The van der Waals surface area contributed by atoms with Gasteiger partial charge in [0.15, 0.2) is 12.0 Å². The minimum absolute atomic E-state index is 0.0148. The van der Waals surface area contributed by atoms with E-state index in [1.54, 1.807) is 24.3 Å². The second-order valence-corrected chi connectivity index (χ2v) is 10.3. The van der Waals surface area contributed by atoms with E-state index in [9.17, 15) is 30.5 Å². The second kappa shape index (κ2) is 9.13. The van der Waals surface area contributed by atoms with Gasteiger partial charge in [-0.25, -0.2) is 0 Å². The van der Waals surface area contributed by atoms with Gasteiger partial charge in [-0.1, -0.05) is 49.8 Å². The van der Waals surface area contributed by atoms with Gasteiger partial charge in [0.25, 0.3) is 0 Å². The molecule has 0 bridgehead atoms. The smallest absolute Gasteiger partial charge is 0.165 e. The Morgan fingerprint density at radius 1 is 1.15 bits per heavy atom. The van der Waals surface area contributed by atoms with Crippen LogP contribution in [0.15, 0.2) is 24.3 Å². The number of ether oxygens (including phenoxy) is 1. The van der Waals surface area contributed by atoms with Crippen LogP contribution in [0.4, 0.5) is 0 Å². The molecule has 2 aromatic rings. The second-order valence-electron chi connectivity index (χ2n) is 9.53. The fourth-order valence-electron chi connectivity index (χ4n) is 4.83. The number of nitriles is 1. The average molecular weight is 505 g/mol. The van der Waals surface area contributed by atoms with Crippen molar-refractivity contribution in [2.45, 2.75) is 57.3 Å². The van der Waals surface area contributed by atoms with Crippen molar-refractivity contribution in [3.05, 3.63) is 50.7 Å². The summed E-state index contributed by atoms with van der Waals surface area (Å²) in [5, 5.41) is 51.6. The van der Waals surface area contributed by atoms with Crippen LogP contribution in [0.1, 0.15) is 48.1 Å². The molecular weight excluding hydrogens is 480 g/mol. The van der Waals surface area contributed by atoms with Crippen LogP contribution in [0.5, 0.6) is 0 Å². The van der Waals surface area contributed by atoms with Crippen molar-refractivity contribution in [1.82, 2.24) is 4.57 Å². The summed E-state index contributed by atoms with van der Waals surface area (Å²) >= 11 is 11.7. The first-order valence-electron chi connectivity index (χ1n) is 10.8. The molecule has 0 unspecified atom stereocenters. The van der Waals surface area contributed by atoms with E-state index >= 15 is 0 Å². The Morgan fingerprint density at radius 2 is 1.79 bits per heavy atom. The standard InChI is InChI=1S/C24H25ClN2O6S/c1-24(2)7-14-18(15(29)8-24)17(11-3-5-12(25)6-4-11)13(9-26)23(34)27(14)22-21(32)20(31)19(30)16(10-28)33-22/h3-6,16,19-22,28,30-32H,7-8,10H2,1-2H3/t16-,19+,20+,21-,22-/m1/s1. The number of halogens is 1. The summed E-state index contributed by atoms with van der Waals surface area (Å²) in [6.07, 6.45) is -6.71. The first-order valence-corrected chi connectivity index (χ1v) is 11.6. The Bertz CT molecular complexity index is 1230. The van der Waals surface area contributed by atoms with Crippen LogP contribution in [0, 0.1) is 21.4 Å². The van der Waals surface area contributed by atoms with Crippen molar-refractivity contribution in [1.29, 1.82) is 5.26 Å². The Hall–Kier alpha value is -2.16. The molecule has 5 atom stereocenters. The molecule has 4 N–H and O–H groups in total. The molecule has 0 saturated carbocycles. The third-order valence-corrected chi connectivity index (χ3v) is 7.10. The van der Waals surface area contributed by atoms with Crippen molar-refractivity contribution in [3.8, 4) is 17.2 Å². The highest BCUT2D eigenvalue weighted by molar-refractivity contribution is 7.71. The lowest BCUT2D eigenvalue weighted by atomic mass is 9.73. The summed E-state index contributed by atoms with van der Waals surface area (Å²) < 4.78 is 7.18. The van der Waals surface area contributed by atoms with Crippen LogP contribution in [-0.4, -0.2) is 61.8 Å². The Labute approximate surface area is 206 Å². The molecule has 1 fully saturated rings. The number of benzene rings is 1. The van der Waals surface area contributed by atoms with E-state index in [-0.39, 0.29) is 22.4 Å². The van der Waals surface area contributed by atoms with Crippen LogP contribution in [0.25, 0.3) is 11.1 Å². The molecule has 0 radical (unpaired) electrons. The third kappa shape index (κ3) is 4.10. The SMILES string of the molecule is CC1(C)CC(=O)c2c(-c3ccc(Cl)cc3)c(C#N)c(=S)n([C@@H]3O[C@H](CO)[C@H](O)[C@H](O)[C@H]3O)c2C1. The van der Waals surface area contributed by atoms with Gasteiger partial charge in [0.2, 0.25) is 0 Å². The zero-order chi connectivity index (χ0) is 24.9. The number of fused-ring (bicyclic) bond motifs is 1. The predicted molar refractivity (Wildman–Crippen MR) is 126 cm³/mol. The lowest BCUT2D eigenvalue weighted by Crippen LogP contribution is -2.57. The minimum Gasteiger partial charge on any atom is -0.394 e. The van der Waals surface area contributed by atoms with Gasteiger partial charge < -0.3 is 29.7 Å². The van der Waals surface area contributed by atoms with Crippen molar-refractivity contribution in [3.63, 3.8) is 0 Å². The maximum atomic E-state index is 13.5. The maximum absolute atomic E-state index is 13.5. The summed E-state index contributed by atoms with van der Waals surface area (Å²) in [6.45, 7) is 3.23. The number of Topliss-reactive ketones (excluding diaryl/α,β-unsaturated/α-hetero) is 1. The Morgan fingerprint density at radius 3 is 2.38 bits per heavy atom. The van der Waals surface area contributed by atoms with Gasteiger partial charge in [-0.2, -0.15) is 5.26 Å². The van der Waals surface area contributed by atoms with Gasteiger partial charge in [-0.3, -0.25) is 4.79 Å². The van der Waals surface area contributed by atoms with Crippen LogP contribution in [-0.2, 0) is 11.2 Å². The molecule has 1 aromatic carbocycles. The van der Waals surface area contributed by atoms with Crippen LogP contribution >= 0.6 is 23.8 Å². The lowest BCUT2D eigenvalue weighted by Gasteiger charge is -2.43. The number of carbonyl (C=O) groups is 1. The van der Waals surface area contributed by atoms with E-state index in [0.717, 1.165) is 0 Å². The van der Waals surface area contributed by atoms with E-state index in [2.05, 4.69) is 6.07 Å². The summed E-state index contributed by atoms with van der Waals surface area (Å²) in [4.78, 5) is 13.5. The zero-order valence-electron chi connectivity index (χ0n) is 18.6. The van der Waals surface area contributed by atoms with E-state index in [0.29, 0.717) is 33.8 Å². The van der Waals surface area contributed by atoms with Gasteiger partial charge in [-0.15, -0.1) is 0 Å². The highest BCUT2D eigenvalue weighted by Gasteiger charge is 2.46. The maximum Gasteiger partial charge on any atom is 0.165 e. The highest BCUT2D eigenvalue weighted by atomic mass is 35.5. The quantitative estimate of drug-likeness (QED) is 0.468. The number of rotatable bonds is 3. The number of nitrogens with zero attached hydrogens (tertiary/aromatic N) is 2. The highest BCUT2D eigenvalue weighted by Crippen LogP contribution is 2.43. The molecule has 0 amide bonds. The number of ketones is 1. The van der Waals surface area contributed by atoms with Gasteiger partial charge >= 0.3 is 0 Å². The molecule has 0 spiro atoms. The number of pyridine rings is 1. The van der Waals surface area contributed by atoms with Crippen molar-refractivity contribution >= 4 is 29.6 Å². The van der Waals surface area contributed by atoms with Gasteiger partial charge in [0, 0.05) is 28.3 Å². The normalized spacial score (nSPS) is 28.3. The summed E-state index contributed by atoms with van der Waals surface area (Å²) in [5.41, 5.74) is 1.33. The summed E-state index contributed by atoms with van der Waals surface area (Å²) in [6, 6.07) is 8.83. The molecular formula is C24H25ClN2O6S. The summed E-state index contributed by atoms with van der Waals surface area (Å²) in [7, 11) is 0. The average Bonchev–Trinajstić information content (AvgIpc) is 2.77. The van der Waals surface area contributed by atoms with Gasteiger partial charge in [0.05, 0.1) is 12.2 Å². The number of aliphatic hydroxyl groups is 4. The van der Waals surface area contributed by atoms with Crippen molar-refractivity contribution < 1.29 is 30.0 Å². The van der Waals surface area contributed by atoms with Crippen LogP contribution in [0.3, 0.4) is 0 Å². The first-order chi connectivity index (χ1) is 16.0.